The normalized spacial score (nSPS) is 11.8. The topological polar surface area (TPSA) is 16.4 Å². The second kappa shape index (κ2) is 11.9. The first kappa shape index (κ1) is 30.0. The van der Waals surface area contributed by atoms with E-state index < -0.39 is 0 Å². The average molecular weight is 694 g/mol. The van der Waals surface area contributed by atoms with E-state index in [9.17, 15) is 0 Å². The van der Waals surface area contributed by atoms with Crippen molar-refractivity contribution < 1.29 is 4.42 Å². The Kier molecular flexibility index (Phi) is 6.76. The standard InChI is InChI=1S/C50H31NOS/c1-3-15-39-33(10-1)12-8-19-45(39)51(37-26-22-32(23-27-37)35-25-28-43-42-17-5-6-21-47(42)53-48(43)31-35)38-14-7-13-36(30-38)40-18-9-20-46-49(40)44-29-24-34-11-2-4-16-41(34)50(44)52-46/h1-31H. The van der Waals surface area contributed by atoms with Gasteiger partial charge in [-0.2, -0.15) is 0 Å². The Labute approximate surface area is 310 Å². The van der Waals surface area contributed by atoms with Crippen molar-refractivity contribution >= 4 is 92.1 Å². The van der Waals surface area contributed by atoms with E-state index in [0.717, 1.165) is 55.5 Å². The molecule has 0 saturated heterocycles. The van der Waals surface area contributed by atoms with Crippen LogP contribution in [0.3, 0.4) is 0 Å². The van der Waals surface area contributed by atoms with Crippen LogP contribution >= 0.6 is 11.3 Å². The molecule has 53 heavy (non-hydrogen) atoms. The second-order valence-electron chi connectivity index (χ2n) is 13.7. The molecule has 0 aliphatic rings. The van der Waals surface area contributed by atoms with Crippen molar-refractivity contribution in [3.8, 4) is 22.3 Å². The molecule has 0 bridgehead atoms. The first-order chi connectivity index (χ1) is 26.3. The molecule has 0 aliphatic carbocycles. The zero-order valence-corrected chi connectivity index (χ0v) is 29.5. The van der Waals surface area contributed by atoms with E-state index in [0.29, 0.717) is 0 Å². The number of thiophene rings is 1. The smallest absolute Gasteiger partial charge is 0.143 e. The lowest BCUT2D eigenvalue weighted by Crippen LogP contribution is -2.10. The molecule has 0 spiro atoms. The van der Waals surface area contributed by atoms with Gasteiger partial charge >= 0.3 is 0 Å². The van der Waals surface area contributed by atoms with Gasteiger partial charge in [-0.1, -0.05) is 133 Å². The van der Waals surface area contributed by atoms with Crippen molar-refractivity contribution in [2.45, 2.75) is 0 Å². The fraction of sp³-hybridized carbons (Fsp3) is 0. The Balaban J connectivity index is 1.06. The maximum atomic E-state index is 6.57. The summed E-state index contributed by atoms with van der Waals surface area (Å²) in [6.45, 7) is 0. The van der Waals surface area contributed by atoms with E-state index in [-0.39, 0.29) is 0 Å². The van der Waals surface area contributed by atoms with E-state index in [2.05, 4.69) is 193 Å². The predicted octanol–water partition coefficient (Wildman–Crippen LogP) is 15.1. The monoisotopic (exact) mass is 693 g/mol. The maximum absolute atomic E-state index is 6.57. The molecular formula is C50H31NOS. The lowest BCUT2D eigenvalue weighted by molar-refractivity contribution is 0.673. The summed E-state index contributed by atoms with van der Waals surface area (Å²) in [7, 11) is 0. The van der Waals surface area contributed by atoms with Crippen LogP contribution in [0, 0.1) is 0 Å². The molecule has 0 aliphatic heterocycles. The van der Waals surface area contributed by atoms with Crippen LogP contribution in [0.25, 0.3) is 85.9 Å². The highest BCUT2D eigenvalue weighted by atomic mass is 32.1. The van der Waals surface area contributed by atoms with Crippen LogP contribution in [-0.4, -0.2) is 0 Å². The highest BCUT2D eigenvalue weighted by molar-refractivity contribution is 7.25. The molecule has 0 radical (unpaired) electrons. The van der Waals surface area contributed by atoms with Crippen LogP contribution in [0.2, 0.25) is 0 Å². The quantitative estimate of drug-likeness (QED) is 0.178. The number of hydrogen-bond donors (Lipinski definition) is 0. The molecule has 11 rings (SSSR count). The molecule has 0 N–H and O–H groups in total. The van der Waals surface area contributed by atoms with Gasteiger partial charge in [-0.15, -0.1) is 11.3 Å². The summed E-state index contributed by atoms with van der Waals surface area (Å²) >= 11 is 1.86. The first-order valence-electron chi connectivity index (χ1n) is 18.0. The molecule has 2 nitrogen and oxygen atoms in total. The van der Waals surface area contributed by atoms with Gasteiger partial charge in [0, 0.05) is 53.1 Å². The predicted molar refractivity (Wildman–Crippen MR) is 227 cm³/mol. The van der Waals surface area contributed by atoms with Crippen molar-refractivity contribution in [3.63, 3.8) is 0 Å². The Morgan fingerprint density at radius 3 is 1.96 bits per heavy atom. The molecule has 0 fully saturated rings. The minimum atomic E-state index is 0.898. The van der Waals surface area contributed by atoms with E-state index in [1.54, 1.807) is 0 Å². The van der Waals surface area contributed by atoms with Crippen molar-refractivity contribution in [1.29, 1.82) is 0 Å². The number of nitrogens with zero attached hydrogens (tertiary/aromatic N) is 1. The summed E-state index contributed by atoms with van der Waals surface area (Å²) in [6, 6.07) is 68.0. The highest BCUT2D eigenvalue weighted by Crippen LogP contribution is 2.44. The van der Waals surface area contributed by atoms with Crippen LogP contribution in [0.15, 0.2) is 192 Å². The van der Waals surface area contributed by atoms with Gasteiger partial charge in [-0.05, 0) is 87.6 Å². The van der Waals surface area contributed by atoms with E-state index >= 15 is 0 Å². The Bertz CT molecular complexity index is 3180. The van der Waals surface area contributed by atoms with Crippen molar-refractivity contribution in [2.24, 2.45) is 0 Å². The Morgan fingerprint density at radius 2 is 1.08 bits per heavy atom. The average Bonchev–Trinajstić information content (AvgIpc) is 3.80. The number of rotatable bonds is 5. The summed E-state index contributed by atoms with van der Waals surface area (Å²) in [6.07, 6.45) is 0. The minimum absolute atomic E-state index is 0.898. The van der Waals surface area contributed by atoms with Gasteiger partial charge in [-0.3, -0.25) is 0 Å². The molecule has 0 atom stereocenters. The maximum Gasteiger partial charge on any atom is 0.143 e. The molecule has 2 aromatic heterocycles. The lowest BCUT2D eigenvalue weighted by Gasteiger charge is -2.27. The SMILES string of the molecule is c1cc(-c2cccc3oc4c5ccccc5ccc4c23)cc(N(c2ccc(-c3ccc4c(c3)sc3ccccc34)cc2)c2cccc3ccccc23)c1. The van der Waals surface area contributed by atoms with Gasteiger partial charge in [0.15, 0.2) is 0 Å². The van der Waals surface area contributed by atoms with Gasteiger partial charge < -0.3 is 9.32 Å². The van der Waals surface area contributed by atoms with Gasteiger partial charge in [0.2, 0.25) is 0 Å². The molecule has 2 heterocycles. The number of fused-ring (bicyclic) bond motifs is 9. The summed E-state index contributed by atoms with van der Waals surface area (Å²) in [4.78, 5) is 2.39. The van der Waals surface area contributed by atoms with Crippen LogP contribution in [0.1, 0.15) is 0 Å². The molecule has 248 valence electrons. The third-order valence-electron chi connectivity index (χ3n) is 10.6. The number of benzene rings is 9. The first-order valence-corrected chi connectivity index (χ1v) is 18.8. The van der Waals surface area contributed by atoms with Crippen LogP contribution in [0.5, 0.6) is 0 Å². The van der Waals surface area contributed by atoms with E-state index in [1.807, 2.05) is 11.3 Å². The summed E-state index contributed by atoms with van der Waals surface area (Å²) in [5, 5.41) is 9.65. The molecule has 11 aromatic rings. The number of furan rings is 1. The summed E-state index contributed by atoms with van der Waals surface area (Å²) < 4.78 is 9.21. The fourth-order valence-corrected chi connectivity index (χ4v) is 9.29. The van der Waals surface area contributed by atoms with Gasteiger partial charge in [-0.25, -0.2) is 0 Å². The van der Waals surface area contributed by atoms with Crippen LogP contribution < -0.4 is 4.90 Å². The fourth-order valence-electron chi connectivity index (χ4n) is 8.15. The zero-order valence-electron chi connectivity index (χ0n) is 28.7. The van der Waals surface area contributed by atoms with Gasteiger partial charge in [0.25, 0.3) is 0 Å². The second-order valence-corrected chi connectivity index (χ2v) is 14.8. The molecule has 0 saturated carbocycles. The third-order valence-corrected chi connectivity index (χ3v) is 11.8. The van der Waals surface area contributed by atoms with Crippen LogP contribution in [-0.2, 0) is 0 Å². The van der Waals surface area contributed by atoms with E-state index in [4.69, 9.17) is 4.42 Å². The molecule has 9 aromatic carbocycles. The van der Waals surface area contributed by atoms with Gasteiger partial charge in [0.1, 0.15) is 11.2 Å². The lowest BCUT2D eigenvalue weighted by atomic mass is 9.97. The largest absolute Gasteiger partial charge is 0.455 e. The third kappa shape index (κ3) is 4.86. The summed E-state index contributed by atoms with van der Waals surface area (Å²) in [5.41, 5.74) is 9.88. The van der Waals surface area contributed by atoms with Crippen molar-refractivity contribution in [1.82, 2.24) is 0 Å². The molecule has 0 amide bonds. The molecule has 0 unspecified atom stereocenters. The zero-order chi connectivity index (χ0) is 34.9. The number of hydrogen-bond acceptors (Lipinski definition) is 3. The molecule has 3 heteroatoms. The summed E-state index contributed by atoms with van der Waals surface area (Å²) in [5.74, 6) is 0. The minimum Gasteiger partial charge on any atom is -0.455 e. The van der Waals surface area contributed by atoms with E-state index in [1.165, 1.54) is 47.5 Å². The Hall–Kier alpha value is -6.68. The Morgan fingerprint density at radius 1 is 0.396 bits per heavy atom. The van der Waals surface area contributed by atoms with Crippen LogP contribution in [0.4, 0.5) is 17.1 Å². The van der Waals surface area contributed by atoms with Crippen molar-refractivity contribution in [3.05, 3.63) is 188 Å². The number of anilines is 3. The van der Waals surface area contributed by atoms with Gasteiger partial charge in [0.05, 0.1) is 5.69 Å². The van der Waals surface area contributed by atoms with Crippen molar-refractivity contribution in [2.75, 3.05) is 4.90 Å². The molecular weight excluding hydrogens is 663 g/mol. The highest BCUT2D eigenvalue weighted by Gasteiger charge is 2.19.